The number of benzene rings is 4. The van der Waals surface area contributed by atoms with E-state index in [1.165, 1.54) is 19.1 Å². The predicted octanol–water partition coefficient (Wildman–Crippen LogP) is 8.13. The zero-order valence-electron chi connectivity index (χ0n) is 35.3. The molecule has 0 saturated carbocycles. The quantitative estimate of drug-likeness (QED) is 0.0813. The number of ether oxygens (including phenoxy) is 2. The molecule has 2 saturated heterocycles. The molecule has 63 heavy (non-hydrogen) atoms. The maximum Gasteiger partial charge on any atom is 0.407 e. The van der Waals surface area contributed by atoms with Crippen LogP contribution in [0.15, 0.2) is 103 Å². The van der Waals surface area contributed by atoms with Gasteiger partial charge in [-0.15, -0.1) is 0 Å². The van der Waals surface area contributed by atoms with Crippen LogP contribution in [0.5, 0.6) is 0 Å². The minimum absolute atomic E-state index is 0.127. The fourth-order valence-electron chi connectivity index (χ4n) is 8.67. The van der Waals surface area contributed by atoms with Crippen molar-refractivity contribution in [3.8, 4) is 33.6 Å². The van der Waals surface area contributed by atoms with Crippen LogP contribution in [-0.2, 0) is 14.3 Å². The summed E-state index contributed by atoms with van der Waals surface area (Å²) in [5, 5.41) is 18.9. The van der Waals surface area contributed by atoms with E-state index in [1.54, 1.807) is 47.6 Å². The van der Waals surface area contributed by atoms with Gasteiger partial charge in [-0.05, 0) is 63.9 Å². The Bertz CT molecular complexity index is 2580. The number of methoxy groups -OCH3 is 2. The number of carbonyl (C=O) groups excluding carboxylic acids is 3. The topological polar surface area (TPSA) is 178 Å². The summed E-state index contributed by atoms with van der Waals surface area (Å²) in [6, 6.07) is 26.0. The molecule has 3 amide bonds. The van der Waals surface area contributed by atoms with Crippen LogP contribution in [0.4, 0.5) is 18.4 Å². The predicted molar refractivity (Wildman–Crippen MR) is 232 cm³/mol. The monoisotopic (exact) mass is 860 g/mol. The number of aliphatic hydroxyl groups excluding tert-OH is 1. The van der Waals surface area contributed by atoms with E-state index in [0.717, 1.165) is 51.6 Å². The minimum Gasteiger partial charge on any atom is -0.453 e. The normalized spacial score (nSPS) is 18.9. The van der Waals surface area contributed by atoms with Crippen LogP contribution in [0.3, 0.4) is 0 Å². The highest BCUT2D eigenvalue weighted by Gasteiger charge is 2.50. The van der Waals surface area contributed by atoms with Crippen LogP contribution in [0.1, 0.15) is 68.4 Å². The van der Waals surface area contributed by atoms with Gasteiger partial charge in [0, 0.05) is 18.5 Å². The lowest BCUT2D eigenvalue weighted by Gasteiger charge is -2.33. The molecule has 16 heteroatoms. The molecule has 4 aromatic carbocycles. The molecule has 14 nitrogen and oxygen atoms in total. The van der Waals surface area contributed by atoms with E-state index >= 15 is 8.78 Å². The number of amides is 3. The second kappa shape index (κ2) is 18.0. The molecule has 1 unspecified atom stereocenters. The third-order valence-corrected chi connectivity index (χ3v) is 12.0. The van der Waals surface area contributed by atoms with Gasteiger partial charge in [-0.1, -0.05) is 92.7 Å². The molecule has 0 bridgehead atoms. The number of carbonyl (C=O) groups is 3. The van der Waals surface area contributed by atoms with Gasteiger partial charge in [0.05, 0.1) is 62.7 Å². The van der Waals surface area contributed by atoms with Crippen LogP contribution in [-0.4, -0.2) is 98.4 Å². The third-order valence-electron chi connectivity index (χ3n) is 12.0. The van der Waals surface area contributed by atoms with E-state index in [9.17, 15) is 19.5 Å². The summed E-state index contributed by atoms with van der Waals surface area (Å²) < 4.78 is 39.6. The number of likely N-dealkylation sites (tertiary alicyclic amines) is 2. The van der Waals surface area contributed by atoms with Crippen LogP contribution in [0.2, 0.25) is 0 Å². The van der Waals surface area contributed by atoms with Crippen molar-refractivity contribution in [2.75, 3.05) is 27.3 Å². The summed E-state index contributed by atoms with van der Waals surface area (Å²) in [5.41, 5.74) is 5.73. The first-order chi connectivity index (χ1) is 30.3. The summed E-state index contributed by atoms with van der Waals surface area (Å²) in [4.78, 5) is 56.7. The van der Waals surface area contributed by atoms with E-state index in [4.69, 9.17) is 14.5 Å². The van der Waals surface area contributed by atoms with Gasteiger partial charge in [0.2, 0.25) is 5.91 Å². The Kier molecular flexibility index (Phi) is 12.3. The van der Waals surface area contributed by atoms with Crippen LogP contribution < -0.4 is 10.6 Å². The first kappa shape index (κ1) is 43.0. The van der Waals surface area contributed by atoms with Gasteiger partial charge in [-0.2, -0.15) is 0 Å². The summed E-state index contributed by atoms with van der Waals surface area (Å²) in [6.45, 7) is 3.62. The van der Waals surface area contributed by atoms with Crippen molar-refractivity contribution in [2.24, 2.45) is 5.92 Å². The number of alkyl carbamates (subject to hydrolysis) is 2. The average molecular weight is 861 g/mol. The second-order valence-corrected chi connectivity index (χ2v) is 16.5. The summed E-state index contributed by atoms with van der Waals surface area (Å²) in [6.07, 6.45) is 1.44. The van der Waals surface area contributed by atoms with Gasteiger partial charge in [0.1, 0.15) is 23.9 Å². The first-order valence-electron chi connectivity index (χ1n) is 20.9. The average Bonchev–Trinajstić information content (AvgIpc) is 4.13. The Balaban J connectivity index is 0.958. The van der Waals surface area contributed by atoms with Gasteiger partial charge in [0.15, 0.2) is 0 Å². The Hall–Kier alpha value is -6.65. The first-order valence-corrected chi connectivity index (χ1v) is 20.9. The number of rotatable bonds is 12. The largest absolute Gasteiger partial charge is 0.453 e. The molecule has 5 N–H and O–H groups in total. The number of halogens is 2. The molecule has 0 aliphatic carbocycles. The van der Waals surface area contributed by atoms with Gasteiger partial charge < -0.3 is 40.1 Å². The zero-order valence-corrected chi connectivity index (χ0v) is 35.3. The van der Waals surface area contributed by atoms with E-state index in [2.05, 4.69) is 55.9 Å². The summed E-state index contributed by atoms with van der Waals surface area (Å²) in [7, 11) is 2.47. The lowest BCUT2D eigenvalue weighted by molar-refractivity contribution is -0.135. The molecule has 4 heterocycles. The maximum absolute atomic E-state index is 15.0. The van der Waals surface area contributed by atoms with Crippen molar-refractivity contribution in [1.82, 2.24) is 40.4 Å². The molecule has 6 aromatic rings. The molecule has 2 aromatic heterocycles. The van der Waals surface area contributed by atoms with E-state index in [1.807, 2.05) is 44.2 Å². The highest BCUT2D eigenvalue weighted by atomic mass is 19.3. The number of hydrogen-bond acceptors (Lipinski definition) is 9. The van der Waals surface area contributed by atoms with Gasteiger partial charge in [0.25, 0.3) is 5.92 Å². The maximum atomic E-state index is 15.0. The molecule has 2 aliphatic heterocycles. The fourth-order valence-corrected chi connectivity index (χ4v) is 8.67. The molecular formula is C47H50F2N8O6. The highest BCUT2D eigenvalue weighted by molar-refractivity contribution is 5.91. The van der Waals surface area contributed by atoms with Crippen molar-refractivity contribution in [2.45, 2.75) is 69.4 Å². The number of nitrogens with one attached hydrogen (secondary N) is 4. The smallest absolute Gasteiger partial charge is 0.407 e. The molecule has 2 fully saturated rings. The Morgan fingerprint density at radius 3 is 2.00 bits per heavy atom. The lowest BCUT2D eigenvalue weighted by Crippen LogP contribution is -2.51. The van der Waals surface area contributed by atoms with Gasteiger partial charge in [-0.25, -0.2) is 28.3 Å². The Labute approximate surface area is 363 Å². The molecule has 0 radical (unpaired) electrons. The standard InChI is InChI=1S/C47H50F2N8O6/c1-27(2)39(54-45(60)62-3)43(58)56-20-8-11-37(56)41-50-25-36(53-41)34-19-18-32-21-31(16-17-33(32)22-34)28-12-14-29(15-13-28)35-24-51-42(52-35)38-23-47(48,49)26-57(38)44(59)40(55-46(61)63-4)30-9-6-5-7-10-30/h5-7,9-10,12-19,21-22,24-25,27,37-40,44,59H,8,11,20,23,26H2,1-4H3,(H,50,53)(H,51,52)(H,54,60)(H,55,61)/t37-,38-,39-,40+,44?/m0/s1. The van der Waals surface area contributed by atoms with Gasteiger partial charge in [-0.3, -0.25) is 9.69 Å². The number of aliphatic hydroxyl groups is 1. The van der Waals surface area contributed by atoms with Crippen LogP contribution >= 0.6 is 0 Å². The second-order valence-electron chi connectivity index (χ2n) is 16.5. The number of aromatic nitrogens is 4. The summed E-state index contributed by atoms with van der Waals surface area (Å²) >= 11 is 0. The zero-order chi connectivity index (χ0) is 44.4. The number of hydrogen-bond donors (Lipinski definition) is 5. The molecule has 8 rings (SSSR count). The minimum atomic E-state index is -3.11. The SMILES string of the molecule is COC(=O)N[C@H](C(=O)N1CCC[C@H]1c1ncc(-c2ccc3cc(-c4ccc(-c5cnc([C@@H]6CC(F)(F)CN6C(O)[C@H](NC(=O)OC)c6ccccc6)[nH]5)cc4)ccc3c2)[nH]1)C(C)C. The third kappa shape index (κ3) is 9.13. The molecule has 5 atom stereocenters. The van der Waals surface area contributed by atoms with Crippen molar-refractivity contribution >= 4 is 28.9 Å². The Morgan fingerprint density at radius 2 is 1.35 bits per heavy atom. The van der Waals surface area contributed by atoms with Crippen LogP contribution in [0.25, 0.3) is 44.4 Å². The number of aromatic amines is 2. The molecule has 0 spiro atoms. The number of nitrogens with zero attached hydrogens (tertiary/aromatic N) is 4. The number of imidazole rings is 2. The number of alkyl halides is 2. The lowest BCUT2D eigenvalue weighted by atomic mass is 9.98. The van der Waals surface area contributed by atoms with Crippen molar-refractivity contribution in [3.63, 3.8) is 0 Å². The highest BCUT2D eigenvalue weighted by Crippen LogP contribution is 2.43. The molecular weight excluding hydrogens is 811 g/mol. The van der Waals surface area contributed by atoms with Crippen molar-refractivity contribution < 1.29 is 37.7 Å². The summed E-state index contributed by atoms with van der Waals surface area (Å²) in [5.74, 6) is -2.42. The number of H-pyrrole nitrogens is 2. The number of fused-ring (bicyclic) bond motifs is 1. The van der Waals surface area contributed by atoms with Gasteiger partial charge >= 0.3 is 12.2 Å². The fraction of sp³-hybridized carbons (Fsp3) is 0.340. The van der Waals surface area contributed by atoms with Crippen LogP contribution in [0, 0.1) is 5.92 Å². The van der Waals surface area contributed by atoms with Crippen molar-refractivity contribution in [1.29, 1.82) is 0 Å². The Morgan fingerprint density at radius 1 is 0.778 bits per heavy atom. The van der Waals surface area contributed by atoms with E-state index in [0.29, 0.717) is 23.6 Å². The van der Waals surface area contributed by atoms with Crippen molar-refractivity contribution in [3.05, 3.63) is 121 Å². The molecule has 328 valence electrons. The van der Waals surface area contributed by atoms with E-state index < -0.39 is 55.4 Å². The van der Waals surface area contributed by atoms with E-state index in [-0.39, 0.29) is 23.7 Å². The molecule has 2 aliphatic rings.